The van der Waals surface area contributed by atoms with Crippen LogP contribution >= 0.6 is 0 Å². The molecule has 5 rings (SSSR count). The van der Waals surface area contributed by atoms with E-state index in [2.05, 4.69) is 10.4 Å². The summed E-state index contributed by atoms with van der Waals surface area (Å²) in [7, 11) is 1.37. The predicted molar refractivity (Wildman–Crippen MR) is 119 cm³/mol. The van der Waals surface area contributed by atoms with Crippen LogP contribution in [0, 0.1) is 5.82 Å². The van der Waals surface area contributed by atoms with Gasteiger partial charge < -0.3 is 14.8 Å². The van der Waals surface area contributed by atoms with Crippen LogP contribution in [0.1, 0.15) is 24.9 Å². The largest absolute Gasteiger partial charge is 0.453 e. The average molecular weight is 436 g/mol. The van der Waals surface area contributed by atoms with E-state index < -0.39 is 11.9 Å². The highest BCUT2D eigenvalue weighted by Crippen LogP contribution is 2.45. The van der Waals surface area contributed by atoms with Crippen LogP contribution in [0.5, 0.6) is 11.5 Å². The van der Waals surface area contributed by atoms with E-state index in [0.29, 0.717) is 18.2 Å². The summed E-state index contributed by atoms with van der Waals surface area (Å²) in [5.41, 5.74) is 3.27. The zero-order chi connectivity index (χ0) is 22.2. The Morgan fingerprint density at radius 1 is 1.22 bits per heavy atom. The smallest absolute Gasteiger partial charge is 0.414 e. The second-order valence-electron chi connectivity index (χ2n) is 8.22. The lowest BCUT2D eigenvalue weighted by Crippen LogP contribution is -2.43. The Morgan fingerprint density at radius 2 is 2.03 bits per heavy atom. The second kappa shape index (κ2) is 8.27. The van der Waals surface area contributed by atoms with Crippen molar-refractivity contribution >= 4 is 11.8 Å². The Morgan fingerprint density at radius 3 is 2.75 bits per heavy atom. The summed E-state index contributed by atoms with van der Waals surface area (Å²) >= 11 is 0. The summed E-state index contributed by atoms with van der Waals surface area (Å²) in [6.07, 6.45) is 4.81. The van der Waals surface area contributed by atoms with E-state index in [9.17, 15) is 9.18 Å². The van der Waals surface area contributed by atoms with Gasteiger partial charge in [0.2, 0.25) is 0 Å². The Labute approximate surface area is 185 Å². The number of methoxy groups -OCH3 is 1. The number of hydrogen-bond donors (Lipinski definition) is 1. The Bertz CT molecular complexity index is 1160. The van der Waals surface area contributed by atoms with Crippen LogP contribution in [0.2, 0.25) is 0 Å². The molecule has 0 spiro atoms. The van der Waals surface area contributed by atoms with Crippen LogP contribution in [0.3, 0.4) is 0 Å². The van der Waals surface area contributed by atoms with Crippen molar-refractivity contribution in [1.29, 1.82) is 0 Å². The van der Waals surface area contributed by atoms with Gasteiger partial charge in [0.05, 0.1) is 25.0 Å². The van der Waals surface area contributed by atoms with Crippen molar-refractivity contribution in [3.05, 3.63) is 60.2 Å². The van der Waals surface area contributed by atoms with Crippen molar-refractivity contribution in [1.82, 2.24) is 15.1 Å². The minimum absolute atomic E-state index is 0.0176. The van der Waals surface area contributed by atoms with Gasteiger partial charge in [0.1, 0.15) is 5.75 Å². The zero-order valence-electron chi connectivity index (χ0n) is 18.0. The molecule has 8 heteroatoms. The molecule has 1 fully saturated rings. The lowest BCUT2D eigenvalue weighted by Gasteiger charge is -2.35. The molecular weight excluding hydrogens is 411 g/mol. The molecule has 32 heavy (non-hydrogen) atoms. The molecule has 3 heterocycles. The molecule has 1 saturated heterocycles. The van der Waals surface area contributed by atoms with Crippen molar-refractivity contribution in [3.63, 3.8) is 0 Å². The van der Waals surface area contributed by atoms with Crippen LogP contribution in [0.25, 0.3) is 11.1 Å². The van der Waals surface area contributed by atoms with E-state index in [1.165, 1.54) is 13.2 Å². The quantitative estimate of drug-likeness (QED) is 0.651. The summed E-state index contributed by atoms with van der Waals surface area (Å²) in [5, 5.41) is 7.77. The molecule has 166 valence electrons. The highest BCUT2D eigenvalue weighted by atomic mass is 19.1. The maximum Gasteiger partial charge on any atom is 0.414 e. The number of ether oxygens (including phenoxy) is 2. The number of amides is 1. The van der Waals surface area contributed by atoms with Gasteiger partial charge in [-0.1, -0.05) is 12.1 Å². The monoisotopic (exact) mass is 436 g/mol. The number of nitrogens with zero attached hydrogens (tertiary/aromatic N) is 3. The number of hydrogen-bond acceptors (Lipinski definition) is 5. The van der Waals surface area contributed by atoms with Gasteiger partial charge in [-0.2, -0.15) is 5.10 Å². The van der Waals surface area contributed by atoms with Crippen molar-refractivity contribution in [2.24, 2.45) is 0 Å². The van der Waals surface area contributed by atoms with E-state index in [-0.39, 0.29) is 11.8 Å². The number of anilines is 1. The van der Waals surface area contributed by atoms with Crippen molar-refractivity contribution in [2.75, 3.05) is 25.1 Å². The summed E-state index contributed by atoms with van der Waals surface area (Å²) in [6.45, 7) is 3.76. The molecule has 1 aromatic heterocycles. The maximum atomic E-state index is 14.5. The van der Waals surface area contributed by atoms with E-state index in [1.54, 1.807) is 29.3 Å². The van der Waals surface area contributed by atoms with Crippen LogP contribution in [-0.4, -0.2) is 42.1 Å². The number of carbonyl (C=O) groups is 1. The second-order valence-corrected chi connectivity index (χ2v) is 8.22. The first-order valence-corrected chi connectivity index (χ1v) is 10.8. The minimum atomic E-state index is -0.443. The van der Waals surface area contributed by atoms with Gasteiger partial charge in [-0.3, -0.25) is 9.58 Å². The van der Waals surface area contributed by atoms with Crippen molar-refractivity contribution in [3.8, 4) is 22.6 Å². The van der Waals surface area contributed by atoms with Gasteiger partial charge in [0.25, 0.3) is 0 Å². The number of halogens is 1. The van der Waals surface area contributed by atoms with Crippen LogP contribution in [-0.2, 0) is 11.2 Å². The molecule has 3 aromatic rings. The molecule has 1 N–H and O–H groups in total. The molecule has 2 aliphatic rings. The van der Waals surface area contributed by atoms with Gasteiger partial charge in [-0.25, -0.2) is 9.18 Å². The maximum absolute atomic E-state index is 14.5. The van der Waals surface area contributed by atoms with Crippen LogP contribution < -0.4 is 15.0 Å². The molecule has 0 unspecified atom stereocenters. The molecule has 0 aliphatic carbocycles. The number of fused-ring (bicyclic) bond motifs is 1. The van der Waals surface area contributed by atoms with E-state index >= 15 is 0 Å². The van der Waals surface area contributed by atoms with Crippen molar-refractivity contribution in [2.45, 2.75) is 31.8 Å². The SMILES string of the molecule is COC(=O)N1c2ccc(-c3cnn(C4CNC4)c3)c(Oc3ccccc3F)c2CC[C@@H]1C. The van der Waals surface area contributed by atoms with E-state index in [1.807, 2.05) is 29.9 Å². The molecule has 0 saturated carbocycles. The predicted octanol–water partition coefficient (Wildman–Crippen LogP) is 4.53. The number of carbonyl (C=O) groups excluding carboxylic acids is 1. The van der Waals surface area contributed by atoms with Gasteiger partial charge in [0.15, 0.2) is 11.6 Å². The third kappa shape index (κ3) is 3.50. The lowest BCUT2D eigenvalue weighted by atomic mass is 9.92. The van der Waals surface area contributed by atoms with E-state index in [0.717, 1.165) is 41.9 Å². The van der Waals surface area contributed by atoms with Gasteiger partial charge in [-0.05, 0) is 44.0 Å². The molecule has 2 aliphatic heterocycles. The summed E-state index contributed by atoms with van der Waals surface area (Å²) in [5.74, 6) is 0.238. The third-order valence-electron chi connectivity index (χ3n) is 6.21. The molecule has 7 nitrogen and oxygen atoms in total. The fourth-order valence-electron chi connectivity index (χ4n) is 4.30. The van der Waals surface area contributed by atoms with Crippen LogP contribution in [0.4, 0.5) is 14.9 Å². The van der Waals surface area contributed by atoms with Gasteiger partial charge >= 0.3 is 6.09 Å². The minimum Gasteiger partial charge on any atom is -0.453 e. The summed E-state index contributed by atoms with van der Waals surface area (Å²) < 4.78 is 27.7. The topological polar surface area (TPSA) is 68.6 Å². The molecule has 1 atom stereocenters. The highest BCUT2D eigenvalue weighted by Gasteiger charge is 2.33. The average Bonchev–Trinajstić information content (AvgIpc) is 3.22. The van der Waals surface area contributed by atoms with Crippen LogP contribution in [0.15, 0.2) is 48.8 Å². The lowest BCUT2D eigenvalue weighted by molar-refractivity contribution is 0.175. The molecule has 0 radical (unpaired) electrons. The fraction of sp³-hybridized carbons (Fsp3) is 0.333. The van der Waals surface area contributed by atoms with Gasteiger partial charge in [0, 0.05) is 42.0 Å². The zero-order valence-corrected chi connectivity index (χ0v) is 18.0. The molecular formula is C24H25FN4O3. The Balaban J connectivity index is 1.64. The third-order valence-corrected chi connectivity index (χ3v) is 6.21. The summed E-state index contributed by atoms with van der Waals surface area (Å²) in [6, 6.07) is 10.5. The molecule has 0 bridgehead atoms. The number of nitrogens with one attached hydrogen (secondary N) is 1. The molecule has 2 aromatic carbocycles. The summed E-state index contributed by atoms with van der Waals surface area (Å²) in [4.78, 5) is 14.2. The number of para-hydroxylation sites is 1. The first-order chi connectivity index (χ1) is 15.6. The Kier molecular flexibility index (Phi) is 5.30. The highest BCUT2D eigenvalue weighted by molar-refractivity contribution is 5.92. The van der Waals surface area contributed by atoms with Gasteiger partial charge in [-0.15, -0.1) is 0 Å². The number of rotatable bonds is 4. The Hall–Kier alpha value is -3.39. The number of aromatic nitrogens is 2. The van der Waals surface area contributed by atoms with Crippen molar-refractivity contribution < 1.29 is 18.7 Å². The number of benzene rings is 2. The van der Waals surface area contributed by atoms with E-state index in [4.69, 9.17) is 9.47 Å². The molecule has 1 amide bonds. The first kappa shape index (κ1) is 20.5. The fourth-order valence-corrected chi connectivity index (χ4v) is 4.30. The first-order valence-electron chi connectivity index (χ1n) is 10.8. The standard InChI is InChI=1S/C24H25FN4O3/c1-15-7-8-19-21(29(15)24(30)31-2)10-9-18(16-11-27-28(14-16)17-12-26-13-17)23(19)32-22-6-4-3-5-20(22)25/h3-6,9-11,14-15,17,26H,7-8,12-13H2,1-2H3/t15-/m0/s1. The normalized spacial score (nSPS) is 18.1.